The maximum absolute atomic E-state index is 11.6. The van der Waals surface area contributed by atoms with Gasteiger partial charge >= 0.3 is 0 Å². The van der Waals surface area contributed by atoms with Crippen LogP contribution < -0.4 is 11.3 Å². The van der Waals surface area contributed by atoms with Gasteiger partial charge < -0.3 is 0 Å². The van der Waals surface area contributed by atoms with Crippen molar-refractivity contribution >= 4 is 28.6 Å². The second-order valence-corrected chi connectivity index (χ2v) is 6.08. The number of amides is 1. The molecule has 0 unspecified atom stereocenters. The fourth-order valence-corrected chi connectivity index (χ4v) is 3.43. The SMILES string of the molecule is CCN(Cc1cccs1)Cc1ccsc1C(=O)NN. The van der Waals surface area contributed by atoms with E-state index in [2.05, 4.69) is 34.8 Å². The van der Waals surface area contributed by atoms with Gasteiger partial charge in [-0.15, -0.1) is 22.7 Å². The Hall–Kier alpha value is -1.21. The van der Waals surface area contributed by atoms with Crippen LogP contribution in [0.1, 0.15) is 27.0 Å². The van der Waals surface area contributed by atoms with Crippen molar-refractivity contribution in [1.29, 1.82) is 0 Å². The molecule has 0 spiro atoms. The Morgan fingerprint density at radius 2 is 2.16 bits per heavy atom. The second-order valence-electron chi connectivity index (χ2n) is 4.13. The molecule has 0 fully saturated rings. The molecular formula is C13H17N3OS2. The van der Waals surface area contributed by atoms with E-state index in [0.717, 1.165) is 25.2 Å². The average molecular weight is 295 g/mol. The van der Waals surface area contributed by atoms with Gasteiger partial charge in [0.2, 0.25) is 0 Å². The largest absolute Gasteiger partial charge is 0.294 e. The molecule has 0 atom stereocenters. The summed E-state index contributed by atoms with van der Waals surface area (Å²) in [5, 5.41) is 4.01. The highest BCUT2D eigenvalue weighted by Crippen LogP contribution is 2.20. The normalized spacial score (nSPS) is 10.9. The molecule has 0 aliphatic carbocycles. The van der Waals surface area contributed by atoms with E-state index in [-0.39, 0.29) is 5.91 Å². The minimum absolute atomic E-state index is 0.211. The quantitative estimate of drug-likeness (QED) is 0.489. The Bertz CT molecular complexity index is 522. The molecule has 0 aliphatic rings. The molecule has 2 aromatic heterocycles. The molecule has 6 heteroatoms. The van der Waals surface area contributed by atoms with Crippen molar-refractivity contribution in [2.24, 2.45) is 5.84 Å². The van der Waals surface area contributed by atoms with Crippen molar-refractivity contribution in [3.05, 3.63) is 44.3 Å². The van der Waals surface area contributed by atoms with Crippen LogP contribution in [-0.2, 0) is 13.1 Å². The summed E-state index contributed by atoms with van der Waals surface area (Å²) < 4.78 is 0. The van der Waals surface area contributed by atoms with E-state index >= 15 is 0 Å². The van der Waals surface area contributed by atoms with Gasteiger partial charge in [0, 0.05) is 18.0 Å². The highest BCUT2D eigenvalue weighted by Gasteiger charge is 2.14. The third kappa shape index (κ3) is 3.63. The minimum Gasteiger partial charge on any atom is -0.294 e. The number of nitrogens with one attached hydrogen (secondary N) is 1. The number of nitrogen functional groups attached to an aromatic ring is 1. The smallest absolute Gasteiger partial charge is 0.275 e. The number of hydrazine groups is 1. The molecule has 2 aromatic rings. The van der Waals surface area contributed by atoms with E-state index in [9.17, 15) is 4.79 Å². The zero-order chi connectivity index (χ0) is 13.7. The summed E-state index contributed by atoms with van der Waals surface area (Å²) in [6.07, 6.45) is 0. The van der Waals surface area contributed by atoms with E-state index in [0.29, 0.717) is 4.88 Å². The molecule has 0 bridgehead atoms. The van der Waals surface area contributed by atoms with Crippen LogP contribution >= 0.6 is 22.7 Å². The van der Waals surface area contributed by atoms with Crippen molar-refractivity contribution in [2.45, 2.75) is 20.0 Å². The number of hydrogen-bond donors (Lipinski definition) is 2. The summed E-state index contributed by atoms with van der Waals surface area (Å²) in [5.74, 6) is 4.99. The van der Waals surface area contributed by atoms with Crippen molar-refractivity contribution in [3.8, 4) is 0 Å². The van der Waals surface area contributed by atoms with Crippen LogP contribution in [0.2, 0.25) is 0 Å². The molecule has 1 amide bonds. The lowest BCUT2D eigenvalue weighted by atomic mass is 10.2. The number of rotatable bonds is 6. The molecule has 4 nitrogen and oxygen atoms in total. The maximum atomic E-state index is 11.6. The zero-order valence-electron chi connectivity index (χ0n) is 10.8. The summed E-state index contributed by atoms with van der Waals surface area (Å²) >= 11 is 3.18. The summed E-state index contributed by atoms with van der Waals surface area (Å²) in [5.41, 5.74) is 3.23. The number of hydrogen-bond acceptors (Lipinski definition) is 5. The fraction of sp³-hybridized carbons (Fsp3) is 0.308. The number of nitrogens with zero attached hydrogens (tertiary/aromatic N) is 1. The van der Waals surface area contributed by atoms with Gasteiger partial charge in [-0.25, -0.2) is 5.84 Å². The van der Waals surface area contributed by atoms with Gasteiger partial charge in [0.25, 0.3) is 5.91 Å². The van der Waals surface area contributed by atoms with Crippen LogP contribution in [0.25, 0.3) is 0 Å². The van der Waals surface area contributed by atoms with Gasteiger partial charge in [-0.2, -0.15) is 0 Å². The highest BCUT2D eigenvalue weighted by atomic mass is 32.1. The van der Waals surface area contributed by atoms with Crippen molar-refractivity contribution in [1.82, 2.24) is 10.3 Å². The topological polar surface area (TPSA) is 58.4 Å². The Balaban J connectivity index is 2.06. The maximum Gasteiger partial charge on any atom is 0.275 e. The lowest BCUT2D eigenvalue weighted by Gasteiger charge is -2.19. The van der Waals surface area contributed by atoms with Gasteiger partial charge in [0.15, 0.2) is 0 Å². The summed E-state index contributed by atoms with van der Waals surface area (Å²) in [4.78, 5) is 16.0. The van der Waals surface area contributed by atoms with Crippen LogP contribution in [0.3, 0.4) is 0 Å². The fourth-order valence-electron chi connectivity index (χ4n) is 1.87. The van der Waals surface area contributed by atoms with Crippen LogP contribution in [0.4, 0.5) is 0 Å². The van der Waals surface area contributed by atoms with Gasteiger partial charge in [0.1, 0.15) is 0 Å². The first-order valence-electron chi connectivity index (χ1n) is 6.06. The molecule has 19 heavy (non-hydrogen) atoms. The van der Waals surface area contributed by atoms with Crippen LogP contribution in [0.15, 0.2) is 29.0 Å². The molecular weight excluding hydrogens is 278 g/mol. The Morgan fingerprint density at radius 3 is 2.79 bits per heavy atom. The monoisotopic (exact) mass is 295 g/mol. The summed E-state index contributed by atoms with van der Waals surface area (Å²) in [6, 6.07) is 6.19. The zero-order valence-corrected chi connectivity index (χ0v) is 12.4. The third-order valence-electron chi connectivity index (χ3n) is 2.88. The molecule has 0 saturated heterocycles. The van der Waals surface area contributed by atoms with Crippen molar-refractivity contribution < 1.29 is 4.79 Å². The number of nitrogens with two attached hydrogens (primary N) is 1. The van der Waals surface area contributed by atoms with Crippen molar-refractivity contribution in [3.63, 3.8) is 0 Å². The van der Waals surface area contributed by atoms with Crippen LogP contribution in [0.5, 0.6) is 0 Å². The summed E-state index contributed by atoms with van der Waals surface area (Å²) in [6.45, 7) is 4.74. The first kappa shape index (κ1) is 14.2. The predicted molar refractivity (Wildman–Crippen MR) is 80.1 cm³/mol. The van der Waals surface area contributed by atoms with E-state index in [1.807, 2.05) is 11.4 Å². The van der Waals surface area contributed by atoms with Gasteiger partial charge in [-0.3, -0.25) is 15.1 Å². The molecule has 0 radical (unpaired) electrons. The molecule has 2 heterocycles. The minimum atomic E-state index is -0.211. The molecule has 0 aliphatic heterocycles. The Kier molecular flexibility index (Phi) is 5.09. The molecule has 102 valence electrons. The van der Waals surface area contributed by atoms with E-state index in [4.69, 9.17) is 5.84 Å². The standard InChI is InChI=1S/C13H17N3OS2/c1-2-16(9-11-4-3-6-18-11)8-10-5-7-19-12(10)13(17)15-14/h3-7H,2,8-9,14H2,1H3,(H,15,17). The number of carbonyl (C=O) groups is 1. The lowest BCUT2D eigenvalue weighted by Crippen LogP contribution is -2.31. The average Bonchev–Trinajstić information content (AvgIpc) is 3.08. The Labute approximate surface area is 120 Å². The second kappa shape index (κ2) is 6.81. The van der Waals surface area contributed by atoms with E-state index in [1.54, 1.807) is 11.3 Å². The Morgan fingerprint density at radius 1 is 1.32 bits per heavy atom. The van der Waals surface area contributed by atoms with Crippen LogP contribution in [0, 0.1) is 0 Å². The molecule has 0 saturated carbocycles. The van der Waals surface area contributed by atoms with Gasteiger partial charge in [-0.05, 0) is 35.0 Å². The first-order valence-corrected chi connectivity index (χ1v) is 7.82. The lowest BCUT2D eigenvalue weighted by molar-refractivity contribution is 0.0956. The van der Waals surface area contributed by atoms with E-state index < -0.39 is 0 Å². The molecule has 3 N–H and O–H groups in total. The van der Waals surface area contributed by atoms with Gasteiger partial charge in [0.05, 0.1) is 4.88 Å². The summed E-state index contributed by atoms with van der Waals surface area (Å²) in [7, 11) is 0. The third-order valence-corrected chi connectivity index (χ3v) is 4.70. The molecule has 2 rings (SSSR count). The van der Waals surface area contributed by atoms with E-state index in [1.165, 1.54) is 16.2 Å². The highest BCUT2D eigenvalue weighted by molar-refractivity contribution is 7.12. The van der Waals surface area contributed by atoms with Crippen molar-refractivity contribution in [2.75, 3.05) is 6.54 Å². The van der Waals surface area contributed by atoms with Crippen LogP contribution in [-0.4, -0.2) is 17.4 Å². The van der Waals surface area contributed by atoms with Gasteiger partial charge in [-0.1, -0.05) is 13.0 Å². The predicted octanol–water partition coefficient (Wildman–Crippen LogP) is 2.44. The number of carbonyl (C=O) groups excluding carboxylic acids is 1. The molecule has 0 aromatic carbocycles. The number of thiophene rings is 2. The first-order chi connectivity index (χ1) is 9.24.